The van der Waals surface area contributed by atoms with E-state index < -0.39 is 6.04 Å². The molecule has 0 spiro atoms. The molecule has 1 fully saturated rings. The van der Waals surface area contributed by atoms with Crippen molar-refractivity contribution in [1.82, 2.24) is 14.9 Å². The van der Waals surface area contributed by atoms with Crippen LogP contribution >= 0.6 is 0 Å². The van der Waals surface area contributed by atoms with Crippen molar-refractivity contribution in [1.29, 1.82) is 0 Å². The lowest BCUT2D eigenvalue weighted by molar-refractivity contribution is -0.134. The minimum atomic E-state index is -0.428. The molecule has 98 valence electrons. The Morgan fingerprint density at radius 1 is 1.50 bits per heavy atom. The molecule has 2 rings (SSSR count). The fourth-order valence-corrected chi connectivity index (χ4v) is 1.84. The van der Waals surface area contributed by atoms with E-state index in [1.165, 1.54) is 0 Å². The van der Waals surface area contributed by atoms with Gasteiger partial charge < -0.3 is 10.6 Å². The summed E-state index contributed by atoms with van der Waals surface area (Å²) in [5.41, 5.74) is 6.77. The molecule has 1 aliphatic carbocycles. The van der Waals surface area contributed by atoms with Gasteiger partial charge in [-0.2, -0.15) is 0 Å². The van der Waals surface area contributed by atoms with Gasteiger partial charge in [-0.15, -0.1) is 0 Å². The summed E-state index contributed by atoms with van der Waals surface area (Å²) in [7, 11) is 0. The van der Waals surface area contributed by atoms with Crippen LogP contribution in [0.15, 0.2) is 18.6 Å². The average Bonchev–Trinajstić information content (AvgIpc) is 3.19. The van der Waals surface area contributed by atoms with E-state index in [-0.39, 0.29) is 11.8 Å². The van der Waals surface area contributed by atoms with Gasteiger partial charge in [-0.05, 0) is 18.8 Å². The van der Waals surface area contributed by atoms with Crippen molar-refractivity contribution in [3.05, 3.63) is 24.3 Å². The second kappa shape index (κ2) is 5.44. The number of nitrogens with two attached hydrogens (primary N) is 1. The number of hydrogen-bond donors (Lipinski definition) is 1. The summed E-state index contributed by atoms with van der Waals surface area (Å²) < 4.78 is 0. The highest BCUT2D eigenvalue weighted by Gasteiger charge is 2.35. The molecule has 1 amide bonds. The molecule has 5 heteroatoms. The third-order valence-corrected chi connectivity index (χ3v) is 3.22. The third kappa shape index (κ3) is 3.04. The van der Waals surface area contributed by atoms with Gasteiger partial charge in [0.15, 0.2) is 0 Å². The van der Waals surface area contributed by atoms with Gasteiger partial charge >= 0.3 is 0 Å². The van der Waals surface area contributed by atoms with Crippen LogP contribution in [-0.2, 0) is 11.3 Å². The maximum Gasteiger partial charge on any atom is 0.240 e. The Morgan fingerprint density at radius 3 is 2.72 bits per heavy atom. The first-order valence-electron chi connectivity index (χ1n) is 6.40. The molecule has 1 saturated carbocycles. The first-order valence-corrected chi connectivity index (χ1v) is 6.40. The van der Waals surface area contributed by atoms with Crippen LogP contribution in [0, 0.1) is 5.92 Å². The smallest absolute Gasteiger partial charge is 0.240 e. The van der Waals surface area contributed by atoms with Crippen LogP contribution in [-0.4, -0.2) is 32.9 Å². The molecule has 1 atom stereocenters. The number of rotatable bonds is 5. The first kappa shape index (κ1) is 13.0. The van der Waals surface area contributed by atoms with Gasteiger partial charge in [0, 0.05) is 18.4 Å². The zero-order valence-electron chi connectivity index (χ0n) is 10.9. The number of carbonyl (C=O) groups excluding carboxylic acids is 1. The predicted molar refractivity (Wildman–Crippen MR) is 68.4 cm³/mol. The molecule has 0 radical (unpaired) electrons. The molecule has 1 aliphatic rings. The lowest BCUT2D eigenvalue weighted by Gasteiger charge is -2.26. The maximum atomic E-state index is 12.3. The van der Waals surface area contributed by atoms with Crippen LogP contribution in [0.1, 0.15) is 32.4 Å². The maximum absolute atomic E-state index is 12.3. The summed E-state index contributed by atoms with van der Waals surface area (Å²) in [5, 5.41) is 0. The van der Waals surface area contributed by atoms with E-state index in [0.717, 1.165) is 18.5 Å². The van der Waals surface area contributed by atoms with Gasteiger partial charge in [-0.1, -0.05) is 13.8 Å². The summed E-state index contributed by atoms with van der Waals surface area (Å²) in [4.78, 5) is 22.4. The van der Waals surface area contributed by atoms with Crippen LogP contribution in [0.4, 0.5) is 0 Å². The predicted octanol–water partition coefficient (Wildman–Crippen LogP) is 0.951. The van der Waals surface area contributed by atoms with Crippen molar-refractivity contribution in [3.8, 4) is 0 Å². The van der Waals surface area contributed by atoms with Crippen LogP contribution < -0.4 is 5.73 Å². The van der Waals surface area contributed by atoms with Crippen molar-refractivity contribution in [2.45, 2.75) is 45.3 Å². The largest absolute Gasteiger partial charge is 0.332 e. The third-order valence-electron chi connectivity index (χ3n) is 3.22. The van der Waals surface area contributed by atoms with Gasteiger partial charge in [0.1, 0.15) is 0 Å². The van der Waals surface area contributed by atoms with E-state index in [1.54, 1.807) is 18.6 Å². The molecule has 0 bridgehead atoms. The molecule has 0 aromatic carbocycles. The average molecular weight is 248 g/mol. The van der Waals surface area contributed by atoms with Gasteiger partial charge in [0.05, 0.1) is 24.5 Å². The molecule has 0 saturated heterocycles. The van der Waals surface area contributed by atoms with Crippen molar-refractivity contribution in [3.63, 3.8) is 0 Å². The standard InChI is InChI=1S/C13H20N4O/c1-9(2)12(14)13(18)17(11-3-4-11)8-10-7-15-5-6-16-10/h5-7,9,11-12H,3-4,8,14H2,1-2H3. The van der Waals surface area contributed by atoms with Gasteiger partial charge in [0.25, 0.3) is 0 Å². The molecule has 1 unspecified atom stereocenters. The van der Waals surface area contributed by atoms with Crippen LogP contribution in [0.3, 0.4) is 0 Å². The second-order valence-corrected chi connectivity index (χ2v) is 5.16. The van der Waals surface area contributed by atoms with E-state index in [4.69, 9.17) is 5.73 Å². The Balaban J connectivity index is 2.07. The Bertz CT molecular complexity index is 403. The Labute approximate surface area is 107 Å². The van der Waals surface area contributed by atoms with E-state index in [9.17, 15) is 4.79 Å². The molecule has 2 N–H and O–H groups in total. The lowest BCUT2D eigenvalue weighted by Crippen LogP contribution is -2.47. The van der Waals surface area contributed by atoms with Crippen molar-refractivity contribution < 1.29 is 4.79 Å². The zero-order valence-corrected chi connectivity index (χ0v) is 10.9. The van der Waals surface area contributed by atoms with Crippen LogP contribution in [0.2, 0.25) is 0 Å². The monoisotopic (exact) mass is 248 g/mol. The topological polar surface area (TPSA) is 72.1 Å². The Morgan fingerprint density at radius 2 is 2.22 bits per heavy atom. The highest BCUT2D eigenvalue weighted by atomic mass is 16.2. The zero-order chi connectivity index (χ0) is 13.1. The fraction of sp³-hybridized carbons (Fsp3) is 0.615. The van der Waals surface area contributed by atoms with Gasteiger partial charge in [-0.25, -0.2) is 0 Å². The SMILES string of the molecule is CC(C)C(N)C(=O)N(Cc1cnccn1)C1CC1. The van der Waals surface area contributed by atoms with Crippen molar-refractivity contribution in [2.75, 3.05) is 0 Å². The van der Waals surface area contributed by atoms with Crippen molar-refractivity contribution >= 4 is 5.91 Å². The van der Waals surface area contributed by atoms with E-state index in [2.05, 4.69) is 9.97 Å². The Kier molecular flexibility index (Phi) is 3.91. The minimum Gasteiger partial charge on any atom is -0.332 e. The molecular formula is C13H20N4O. The highest BCUT2D eigenvalue weighted by Crippen LogP contribution is 2.29. The molecule has 1 aromatic rings. The number of nitrogens with zero attached hydrogens (tertiary/aromatic N) is 3. The second-order valence-electron chi connectivity index (χ2n) is 5.16. The van der Waals surface area contributed by atoms with Crippen LogP contribution in [0.5, 0.6) is 0 Å². The lowest BCUT2D eigenvalue weighted by atomic mass is 10.0. The quantitative estimate of drug-likeness (QED) is 0.842. The highest BCUT2D eigenvalue weighted by molar-refractivity contribution is 5.82. The van der Waals surface area contributed by atoms with Crippen LogP contribution in [0.25, 0.3) is 0 Å². The fourth-order valence-electron chi connectivity index (χ4n) is 1.84. The molecular weight excluding hydrogens is 228 g/mol. The summed E-state index contributed by atoms with van der Waals surface area (Å²) in [6, 6.07) is -0.0911. The van der Waals surface area contributed by atoms with Gasteiger partial charge in [0.2, 0.25) is 5.91 Å². The van der Waals surface area contributed by atoms with Crippen molar-refractivity contribution in [2.24, 2.45) is 11.7 Å². The number of amides is 1. The molecule has 1 heterocycles. The number of carbonyl (C=O) groups is 1. The summed E-state index contributed by atoms with van der Waals surface area (Å²) in [6.45, 7) is 4.45. The molecule has 18 heavy (non-hydrogen) atoms. The molecule has 5 nitrogen and oxygen atoms in total. The van der Waals surface area contributed by atoms with E-state index >= 15 is 0 Å². The minimum absolute atomic E-state index is 0.0261. The van der Waals surface area contributed by atoms with E-state index in [1.807, 2.05) is 18.7 Å². The summed E-state index contributed by atoms with van der Waals surface area (Å²) in [5.74, 6) is 0.179. The normalized spacial score (nSPS) is 16.7. The Hall–Kier alpha value is -1.49. The summed E-state index contributed by atoms with van der Waals surface area (Å²) >= 11 is 0. The molecule has 1 aromatic heterocycles. The molecule has 0 aliphatic heterocycles. The summed E-state index contributed by atoms with van der Waals surface area (Å²) in [6.07, 6.45) is 7.11. The van der Waals surface area contributed by atoms with E-state index in [0.29, 0.717) is 12.6 Å². The van der Waals surface area contributed by atoms with Gasteiger partial charge in [-0.3, -0.25) is 14.8 Å². The first-order chi connectivity index (χ1) is 8.59. The number of hydrogen-bond acceptors (Lipinski definition) is 4. The number of aromatic nitrogens is 2.